The van der Waals surface area contributed by atoms with Crippen LogP contribution >= 0.6 is 0 Å². The van der Waals surface area contributed by atoms with Crippen molar-refractivity contribution in [1.82, 2.24) is 0 Å². The lowest BCUT2D eigenvalue weighted by Gasteiger charge is -2.07. The van der Waals surface area contributed by atoms with E-state index in [9.17, 15) is 14.0 Å². The van der Waals surface area contributed by atoms with Gasteiger partial charge in [0.05, 0.1) is 0 Å². The smallest absolute Gasteiger partial charge is 0.349 e. The molecule has 0 aliphatic rings. The van der Waals surface area contributed by atoms with Crippen LogP contribution in [0.4, 0.5) is 10.1 Å². The minimum atomic E-state index is -0.614. The van der Waals surface area contributed by atoms with Crippen molar-refractivity contribution in [2.45, 2.75) is 6.92 Å². The van der Waals surface area contributed by atoms with Gasteiger partial charge >= 0.3 is 5.97 Å². The van der Waals surface area contributed by atoms with E-state index in [-0.39, 0.29) is 18.3 Å². The van der Waals surface area contributed by atoms with Crippen molar-refractivity contribution in [2.75, 3.05) is 11.9 Å². The van der Waals surface area contributed by atoms with Crippen LogP contribution in [0.15, 0.2) is 48.5 Å². The molecular weight excluding hydrogens is 289 g/mol. The summed E-state index contributed by atoms with van der Waals surface area (Å²) in [6, 6.07) is 11.8. The van der Waals surface area contributed by atoms with E-state index in [1.54, 1.807) is 30.3 Å². The molecule has 0 aromatic heterocycles. The maximum Gasteiger partial charge on any atom is 0.349 e. The van der Waals surface area contributed by atoms with Crippen LogP contribution in [-0.2, 0) is 9.59 Å². The SMILES string of the molecule is CC(=O)Nc1ccc(OC(=O)COc2cccc(F)c2)cc1. The molecule has 0 heterocycles. The Morgan fingerprint density at radius 3 is 2.45 bits per heavy atom. The average Bonchev–Trinajstić information content (AvgIpc) is 2.47. The zero-order valence-electron chi connectivity index (χ0n) is 11.8. The predicted molar refractivity (Wildman–Crippen MR) is 78.3 cm³/mol. The Morgan fingerprint density at radius 2 is 1.82 bits per heavy atom. The maximum atomic E-state index is 12.9. The number of hydrogen-bond donors (Lipinski definition) is 1. The van der Waals surface area contributed by atoms with Crippen molar-refractivity contribution < 1.29 is 23.5 Å². The number of rotatable bonds is 5. The molecule has 2 aromatic rings. The highest BCUT2D eigenvalue weighted by molar-refractivity contribution is 5.88. The first-order valence-electron chi connectivity index (χ1n) is 6.49. The van der Waals surface area contributed by atoms with Crippen molar-refractivity contribution in [3.05, 3.63) is 54.3 Å². The summed E-state index contributed by atoms with van der Waals surface area (Å²) in [5, 5.41) is 2.60. The molecule has 0 fully saturated rings. The first kappa shape index (κ1) is 15.5. The van der Waals surface area contributed by atoms with E-state index in [4.69, 9.17) is 9.47 Å². The number of nitrogens with one attached hydrogen (secondary N) is 1. The minimum Gasteiger partial charge on any atom is -0.482 e. The summed E-state index contributed by atoms with van der Waals surface area (Å²) in [5.41, 5.74) is 0.600. The quantitative estimate of drug-likeness (QED) is 0.681. The number of esters is 1. The van der Waals surface area contributed by atoms with E-state index in [2.05, 4.69) is 5.32 Å². The highest BCUT2D eigenvalue weighted by Crippen LogP contribution is 2.16. The van der Waals surface area contributed by atoms with E-state index < -0.39 is 11.8 Å². The molecule has 0 saturated heterocycles. The van der Waals surface area contributed by atoms with Gasteiger partial charge in [-0.2, -0.15) is 0 Å². The third-order valence-corrected chi connectivity index (χ3v) is 2.56. The van der Waals surface area contributed by atoms with Crippen LogP contribution in [0, 0.1) is 5.82 Å². The van der Waals surface area contributed by atoms with Crippen LogP contribution in [-0.4, -0.2) is 18.5 Å². The van der Waals surface area contributed by atoms with E-state index in [0.717, 1.165) is 0 Å². The number of benzene rings is 2. The van der Waals surface area contributed by atoms with Crippen molar-refractivity contribution in [1.29, 1.82) is 0 Å². The second kappa shape index (κ2) is 7.21. The van der Waals surface area contributed by atoms with E-state index in [0.29, 0.717) is 11.4 Å². The number of ether oxygens (including phenoxy) is 2. The second-order valence-corrected chi connectivity index (χ2v) is 4.43. The predicted octanol–water partition coefficient (Wildman–Crippen LogP) is 2.77. The van der Waals surface area contributed by atoms with Gasteiger partial charge in [-0.25, -0.2) is 9.18 Å². The highest BCUT2D eigenvalue weighted by atomic mass is 19.1. The van der Waals surface area contributed by atoms with Crippen LogP contribution in [0.2, 0.25) is 0 Å². The average molecular weight is 303 g/mol. The first-order chi connectivity index (χ1) is 10.5. The van der Waals surface area contributed by atoms with Crippen LogP contribution < -0.4 is 14.8 Å². The van der Waals surface area contributed by atoms with Gasteiger partial charge in [0.15, 0.2) is 6.61 Å². The monoisotopic (exact) mass is 303 g/mol. The lowest BCUT2D eigenvalue weighted by Crippen LogP contribution is -2.17. The van der Waals surface area contributed by atoms with E-state index in [1.807, 2.05) is 0 Å². The van der Waals surface area contributed by atoms with Crippen LogP contribution in [0.5, 0.6) is 11.5 Å². The number of carbonyl (C=O) groups excluding carboxylic acids is 2. The van der Waals surface area contributed by atoms with Gasteiger partial charge in [0.2, 0.25) is 5.91 Å². The fraction of sp³-hybridized carbons (Fsp3) is 0.125. The Hall–Kier alpha value is -2.89. The van der Waals surface area contributed by atoms with Crippen molar-refractivity contribution >= 4 is 17.6 Å². The lowest BCUT2D eigenvalue weighted by atomic mass is 10.3. The maximum absolute atomic E-state index is 12.9. The number of carbonyl (C=O) groups is 2. The van der Waals surface area contributed by atoms with Crippen LogP contribution in [0.25, 0.3) is 0 Å². The van der Waals surface area contributed by atoms with Crippen molar-refractivity contribution in [2.24, 2.45) is 0 Å². The van der Waals surface area contributed by atoms with Crippen molar-refractivity contribution in [3.8, 4) is 11.5 Å². The number of amides is 1. The normalized spacial score (nSPS) is 9.91. The molecule has 0 bridgehead atoms. The van der Waals surface area contributed by atoms with Crippen LogP contribution in [0.3, 0.4) is 0 Å². The molecule has 114 valence electrons. The van der Waals surface area contributed by atoms with E-state index in [1.165, 1.54) is 25.1 Å². The Balaban J connectivity index is 1.85. The van der Waals surface area contributed by atoms with E-state index >= 15 is 0 Å². The highest BCUT2D eigenvalue weighted by Gasteiger charge is 2.07. The Bertz CT molecular complexity index is 670. The van der Waals surface area contributed by atoms with Gasteiger partial charge in [0.1, 0.15) is 17.3 Å². The number of halogens is 1. The van der Waals surface area contributed by atoms with Gasteiger partial charge in [-0.05, 0) is 36.4 Å². The first-order valence-corrected chi connectivity index (χ1v) is 6.49. The topological polar surface area (TPSA) is 64.6 Å². The van der Waals surface area contributed by atoms with Crippen LogP contribution in [0.1, 0.15) is 6.92 Å². The molecule has 2 rings (SSSR count). The zero-order chi connectivity index (χ0) is 15.9. The van der Waals surface area contributed by atoms with Gasteiger partial charge in [-0.3, -0.25) is 4.79 Å². The van der Waals surface area contributed by atoms with Gasteiger partial charge in [0, 0.05) is 18.7 Å². The Morgan fingerprint density at radius 1 is 1.09 bits per heavy atom. The van der Waals surface area contributed by atoms with Gasteiger partial charge in [0.25, 0.3) is 0 Å². The summed E-state index contributed by atoms with van der Waals surface area (Å²) in [7, 11) is 0. The molecule has 1 N–H and O–H groups in total. The minimum absolute atomic E-state index is 0.187. The summed E-state index contributed by atoms with van der Waals surface area (Å²) >= 11 is 0. The Kier molecular flexibility index (Phi) is 5.08. The summed E-state index contributed by atoms with van der Waals surface area (Å²) < 4.78 is 23.1. The Labute approximate surface area is 126 Å². The number of anilines is 1. The third kappa shape index (κ3) is 4.90. The largest absolute Gasteiger partial charge is 0.482 e. The molecule has 1 amide bonds. The zero-order valence-corrected chi connectivity index (χ0v) is 11.8. The van der Waals surface area contributed by atoms with Gasteiger partial charge < -0.3 is 14.8 Å². The molecule has 0 aliphatic heterocycles. The molecule has 5 nitrogen and oxygen atoms in total. The molecule has 0 spiro atoms. The summed E-state index contributed by atoms with van der Waals surface area (Å²) in [5.74, 6) is -0.677. The molecule has 2 aromatic carbocycles. The molecule has 0 unspecified atom stereocenters. The summed E-state index contributed by atoms with van der Waals surface area (Å²) in [6.07, 6.45) is 0. The molecular formula is C16H14FNO4. The number of hydrogen-bond acceptors (Lipinski definition) is 4. The molecule has 0 saturated carbocycles. The summed E-state index contributed by atoms with van der Waals surface area (Å²) in [6.45, 7) is 1.06. The molecule has 0 radical (unpaired) electrons. The van der Waals surface area contributed by atoms with Gasteiger partial charge in [-0.15, -0.1) is 0 Å². The standard InChI is InChI=1S/C16H14FNO4/c1-11(19)18-13-5-7-14(8-6-13)22-16(20)10-21-15-4-2-3-12(17)9-15/h2-9H,10H2,1H3,(H,18,19). The summed E-state index contributed by atoms with van der Waals surface area (Å²) in [4.78, 5) is 22.5. The lowest BCUT2D eigenvalue weighted by molar-refractivity contribution is -0.136. The fourth-order valence-electron chi connectivity index (χ4n) is 1.67. The second-order valence-electron chi connectivity index (χ2n) is 4.43. The molecule has 22 heavy (non-hydrogen) atoms. The molecule has 0 aliphatic carbocycles. The molecule has 0 atom stereocenters. The molecule has 6 heteroatoms. The fourth-order valence-corrected chi connectivity index (χ4v) is 1.67. The van der Waals surface area contributed by atoms with Gasteiger partial charge in [-0.1, -0.05) is 6.07 Å². The third-order valence-electron chi connectivity index (χ3n) is 2.56. The van der Waals surface area contributed by atoms with Crippen molar-refractivity contribution in [3.63, 3.8) is 0 Å².